The second kappa shape index (κ2) is 60.2. The number of anilines is 6. The van der Waals surface area contributed by atoms with E-state index in [0.717, 1.165) is 28.8 Å². The molecule has 0 amide bonds. The van der Waals surface area contributed by atoms with E-state index in [4.69, 9.17) is 34.4 Å². The van der Waals surface area contributed by atoms with Crippen LogP contribution in [0, 0.1) is 0 Å². The van der Waals surface area contributed by atoms with E-state index in [1.807, 2.05) is 174 Å². The first kappa shape index (κ1) is 76.5. The van der Waals surface area contributed by atoms with Gasteiger partial charge in [0, 0.05) is 79.5 Å². The van der Waals surface area contributed by atoms with Crippen LogP contribution < -0.4 is 63.8 Å². The van der Waals surface area contributed by atoms with Crippen molar-refractivity contribution in [3.05, 3.63) is 111 Å². The molecule has 0 bridgehead atoms. The number of nitrogens with zero attached hydrogens (tertiary/aromatic N) is 18. The minimum atomic E-state index is 0.435. The first-order valence-corrected chi connectivity index (χ1v) is 24.1. The van der Waals surface area contributed by atoms with E-state index in [0.29, 0.717) is 46.0 Å². The number of nitrogens with two attached hydrogens (primary N) is 6. The maximum atomic E-state index is 5.38. The van der Waals surface area contributed by atoms with Gasteiger partial charge in [0.25, 0.3) is 0 Å². The molecule has 0 atom stereocenters. The Morgan fingerprint density at radius 3 is 1.25 bits per heavy atom. The summed E-state index contributed by atoms with van der Waals surface area (Å²) in [4.78, 5) is 42.3. The summed E-state index contributed by atoms with van der Waals surface area (Å²) in [7, 11) is 11.2. The van der Waals surface area contributed by atoms with E-state index in [1.165, 1.54) is 12.7 Å². The summed E-state index contributed by atoms with van der Waals surface area (Å²) in [6.07, 6.45) is 21.4. The van der Waals surface area contributed by atoms with Gasteiger partial charge in [-0.25, -0.2) is 34.9 Å². The van der Waals surface area contributed by atoms with Gasteiger partial charge < -0.3 is 63.8 Å². The van der Waals surface area contributed by atoms with Gasteiger partial charge in [-0.1, -0.05) is 83.1 Å². The Morgan fingerprint density at radius 2 is 0.833 bits per heavy atom. The summed E-state index contributed by atoms with van der Waals surface area (Å²) in [6.45, 7) is 26.8. The lowest BCUT2D eigenvalue weighted by Crippen LogP contribution is -2.26. The van der Waals surface area contributed by atoms with Gasteiger partial charge in [-0.05, 0) is 30.3 Å². The lowest BCUT2D eigenvalue weighted by atomic mass is 10.4. The monoisotopic (exact) mass is 1010 g/mol. The average Bonchev–Trinajstić information content (AvgIpc) is 3.51. The molecule has 12 N–H and O–H groups in total. The minimum absolute atomic E-state index is 0.435. The predicted molar refractivity (Wildman–Crippen MR) is 305 cm³/mol. The molecule has 0 radical (unpaired) electrons. The van der Waals surface area contributed by atoms with Crippen molar-refractivity contribution >= 4 is 34.8 Å². The summed E-state index contributed by atoms with van der Waals surface area (Å²) in [5.41, 5.74) is 34.1. The summed E-state index contributed by atoms with van der Waals surface area (Å²) in [5, 5.41) is 14.9. The van der Waals surface area contributed by atoms with Gasteiger partial charge in [0.2, 0.25) is 5.95 Å². The standard InChI is InChI=1S/6C6H10N4.6C2H6/c1-10(4-7)6-2-8-5-9-3-6;1-10(5-7)6-4-8-2-3-9-6;1-10(4-7)6-2-3-8-5-9-6;1-10(5-7)6-2-3-8-9-4-6;1-10(5-7)6-8-3-2-4-9-6;1-10(5-7)6-3-2-4-8-9-6;6*1-2/h2-3,5H,4,7H2,1H3;2-4H,5,7H2,1H3;2-3,5H,4,7H2,1H3;3*2-4H,5,7H2,1H3;6*1-2H3. The molecule has 0 aliphatic carbocycles. The fraction of sp³-hybridized carbons (Fsp3) is 0.500. The van der Waals surface area contributed by atoms with Crippen molar-refractivity contribution in [2.24, 2.45) is 34.4 Å². The van der Waals surface area contributed by atoms with Crippen molar-refractivity contribution in [3.63, 3.8) is 0 Å². The number of hydrogen-bond donors (Lipinski definition) is 6. The van der Waals surface area contributed by atoms with Gasteiger partial charge in [0.05, 0.1) is 82.4 Å². The molecule has 0 spiro atoms. The van der Waals surface area contributed by atoms with Gasteiger partial charge >= 0.3 is 0 Å². The van der Waals surface area contributed by atoms with Crippen LogP contribution in [-0.4, -0.2) is 143 Å². The van der Waals surface area contributed by atoms with E-state index in [9.17, 15) is 0 Å². The van der Waals surface area contributed by atoms with Crippen LogP contribution in [0.4, 0.5) is 34.8 Å². The molecule has 0 aromatic carbocycles. The molecule has 6 heterocycles. The van der Waals surface area contributed by atoms with E-state index < -0.39 is 0 Å². The van der Waals surface area contributed by atoms with Crippen LogP contribution in [0.3, 0.4) is 0 Å². The summed E-state index contributed by atoms with van der Waals surface area (Å²) < 4.78 is 0. The lowest BCUT2D eigenvalue weighted by Gasteiger charge is -2.14. The molecule has 6 aromatic heterocycles. The van der Waals surface area contributed by atoms with Crippen molar-refractivity contribution < 1.29 is 0 Å². The van der Waals surface area contributed by atoms with E-state index in [2.05, 4.69) is 60.3 Å². The van der Waals surface area contributed by atoms with Crippen LogP contribution in [-0.2, 0) is 0 Å². The molecule has 72 heavy (non-hydrogen) atoms. The molecule has 0 unspecified atom stereocenters. The van der Waals surface area contributed by atoms with Gasteiger partial charge in [0.15, 0.2) is 5.82 Å². The molecule has 0 fully saturated rings. The van der Waals surface area contributed by atoms with Crippen LogP contribution in [0.2, 0.25) is 0 Å². The second-order valence-corrected chi connectivity index (χ2v) is 11.7. The Labute approximate surface area is 434 Å². The topological polar surface area (TPSA) is 330 Å². The summed E-state index contributed by atoms with van der Waals surface area (Å²) in [6, 6.07) is 9.13. The summed E-state index contributed by atoms with van der Waals surface area (Å²) >= 11 is 0. The fourth-order valence-electron chi connectivity index (χ4n) is 3.55. The minimum Gasteiger partial charge on any atom is -0.361 e. The van der Waals surface area contributed by atoms with Crippen molar-refractivity contribution in [3.8, 4) is 0 Å². The van der Waals surface area contributed by atoms with E-state index in [1.54, 1.807) is 79.1 Å². The highest BCUT2D eigenvalue weighted by atomic mass is 15.3. The molecule has 0 aliphatic heterocycles. The van der Waals surface area contributed by atoms with Crippen LogP contribution in [0.15, 0.2) is 111 Å². The fourth-order valence-corrected chi connectivity index (χ4v) is 3.55. The van der Waals surface area contributed by atoms with E-state index >= 15 is 0 Å². The Morgan fingerprint density at radius 1 is 0.333 bits per heavy atom. The van der Waals surface area contributed by atoms with Crippen LogP contribution in [0.1, 0.15) is 83.1 Å². The molecule has 408 valence electrons. The Bertz CT molecular complexity index is 1480. The zero-order valence-electron chi connectivity index (χ0n) is 47.1. The largest absolute Gasteiger partial charge is 0.361 e. The molecular formula is C48H96N24. The molecule has 0 aliphatic rings. The molecular weight excluding hydrogens is 913 g/mol. The Kier molecular flexibility index (Phi) is 63.9. The first-order chi connectivity index (χ1) is 35.1. The highest BCUT2D eigenvalue weighted by Crippen LogP contribution is 2.06. The maximum Gasteiger partial charge on any atom is 0.226 e. The molecule has 6 rings (SSSR count). The van der Waals surface area contributed by atoms with Crippen LogP contribution in [0.5, 0.6) is 0 Å². The Hall–Kier alpha value is -6.96. The number of rotatable bonds is 12. The highest BCUT2D eigenvalue weighted by molar-refractivity contribution is 5.41. The van der Waals surface area contributed by atoms with Crippen molar-refractivity contribution in [2.45, 2.75) is 83.1 Å². The molecule has 6 aromatic rings. The average molecular weight is 1010 g/mol. The van der Waals surface area contributed by atoms with Gasteiger partial charge in [-0.3, -0.25) is 4.98 Å². The summed E-state index contributed by atoms with van der Waals surface area (Å²) in [5.74, 6) is 3.09. The zero-order chi connectivity index (χ0) is 56.4. The molecule has 24 nitrogen and oxygen atoms in total. The molecule has 0 saturated carbocycles. The predicted octanol–water partition coefficient (Wildman–Crippen LogP) is 5.13. The van der Waals surface area contributed by atoms with Crippen molar-refractivity contribution in [2.75, 3.05) is 112 Å². The third kappa shape index (κ3) is 40.9. The zero-order valence-corrected chi connectivity index (χ0v) is 47.1. The van der Waals surface area contributed by atoms with Gasteiger partial charge in [0.1, 0.15) is 24.3 Å². The smallest absolute Gasteiger partial charge is 0.226 e. The van der Waals surface area contributed by atoms with E-state index in [-0.39, 0.29) is 0 Å². The lowest BCUT2D eigenvalue weighted by molar-refractivity contribution is 0.875. The van der Waals surface area contributed by atoms with Crippen molar-refractivity contribution in [1.82, 2.24) is 60.3 Å². The maximum absolute atomic E-state index is 5.38. The quantitative estimate of drug-likeness (QED) is 0.0865. The molecule has 24 heteroatoms. The third-order valence-electron chi connectivity index (χ3n) is 7.38. The number of hydrogen-bond acceptors (Lipinski definition) is 24. The first-order valence-electron chi connectivity index (χ1n) is 24.1. The van der Waals surface area contributed by atoms with Gasteiger partial charge in [-0.2, -0.15) is 15.3 Å². The van der Waals surface area contributed by atoms with Crippen LogP contribution in [0.25, 0.3) is 0 Å². The molecule has 0 saturated heterocycles. The Balaban J connectivity index is -0.000000174. The highest BCUT2D eigenvalue weighted by Gasteiger charge is 1.99. The number of aromatic nitrogens is 12. The normalized spacial score (nSPS) is 8.33. The second-order valence-electron chi connectivity index (χ2n) is 11.7. The van der Waals surface area contributed by atoms with Crippen molar-refractivity contribution in [1.29, 1.82) is 0 Å². The van der Waals surface area contributed by atoms with Gasteiger partial charge in [-0.15, -0.1) is 5.10 Å². The van der Waals surface area contributed by atoms with Crippen LogP contribution >= 0.6 is 0 Å². The third-order valence-corrected chi connectivity index (χ3v) is 7.38. The SMILES string of the molecule is CC.CC.CC.CC.CC.CC.CN(CN)c1cccnn1.CN(CN)c1ccncn1.CN(CN)c1ccnnc1.CN(CN)c1cnccn1.CN(CN)c1cncnc1.CN(CN)c1ncccn1.